The van der Waals surface area contributed by atoms with Gasteiger partial charge in [0.05, 0.1) is 6.04 Å². The number of carbonyl (C=O) groups excluding carboxylic acids is 1. The monoisotopic (exact) mass is 366 g/mol. The maximum Gasteiger partial charge on any atom is 0.251 e. The van der Waals surface area contributed by atoms with Crippen LogP contribution in [0.5, 0.6) is 0 Å². The van der Waals surface area contributed by atoms with E-state index in [-0.39, 0.29) is 11.9 Å². The van der Waals surface area contributed by atoms with Crippen LogP contribution in [0.2, 0.25) is 0 Å². The fourth-order valence-corrected chi connectivity index (χ4v) is 3.58. The Balaban J connectivity index is 1.54. The second-order valence-corrected chi connectivity index (χ2v) is 7.03. The third-order valence-corrected chi connectivity index (χ3v) is 5.12. The summed E-state index contributed by atoms with van der Waals surface area (Å²) in [5.74, 6) is -0.0709. The Morgan fingerprint density at radius 2 is 1.68 bits per heavy atom. The van der Waals surface area contributed by atoms with E-state index in [9.17, 15) is 4.79 Å². The maximum atomic E-state index is 12.8. The molecule has 0 saturated heterocycles. The molecule has 1 atom stereocenters. The highest BCUT2D eigenvalue weighted by molar-refractivity contribution is 5.95. The first-order valence-corrected chi connectivity index (χ1v) is 9.43. The number of amides is 1. The maximum absolute atomic E-state index is 12.8. The third-order valence-electron chi connectivity index (χ3n) is 5.12. The van der Waals surface area contributed by atoms with E-state index in [1.54, 1.807) is 6.20 Å². The van der Waals surface area contributed by atoms with Crippen LogP contribution in [0.1, 0.15) is 34.5 Å². The molecule has 0 aliphatic carbocycles. The predicted octanol–water partition coefficient (Wildman–Crippen LogP) is 5.70. The van der Waals surface area contributed by atoms with Gasteiger partial charge in [0.1, 0.15) is 0 Å². The largest absolute Gasteiger partial charge is 0.345 e. The fourth-order valence-electron chi connectivity index (χ4n) is 3.58. The van der Waals surface area contributed by atoms with E-state index in [4.69, 9.17) is 0 Å². The molecule has 1 N–H and O–H groups in total. The number of pyridine rings is 1. The first kappa shape index (κ1) is 17.9. The van der Waals surface area contributed by atoms with E-state index in [1.165, 1.54) is 10.8 Å². The topological polar surface area (TPSA) is 42.0 Å². The number of nitrogens with zero attached hydrogens (tertiary/aromatic N) is 1. The number of fused-ring (bicyclic) bond motifs is 1. The van der Waals surface area contributed by atoms with Gasteiger partial charge in [0.25, 0.3) is 5.91 Å². The van der Waals surface area contributed by atoms with E-state index in [1.807, 2.05) is 68.6 Å². The number of carbonyl (C=O) groups is 1. The van der Waals surface area contributed by atoms with Gasteiger partial charge in [-0.15, -0.1) is 0 Å². The van der Waals surface area contributed by atoms with Crippen LogP contribution in [0.25, 0.3) is 21.9 Å². The molecule has 28 heavy (non-hydrogen) atoms. The molecule has 0 saturated carbocycles. The van der Waals surface area contributed by atoms with Gasteiger partial charge in [-0.25, -0.2) is 0 Å². The summed E-state index contributed by atoms with van der Waals surface area (Å²) in [6, 6.07) is 24.1. The van der Waals surface area contributed by atoms with Gasteiger partial charge >= 0.3 is 0 Å². The number of hydrogen-bond acceptors (Lipinski definition) is 2. The number of hydrogen-bond donors (Lipinski definition) is 1. The highest BCUT2D eigenvalue weighted by Gasteiger charge is 2.14. The summed E-state index contributed by atoms with van der Waals surface area (Å²) in [7, 11) is 0. The zero-order valence-electron chi connectivity index (χ0n) is 16.0. The Morgan fingerprint density at radius 1 is 0.929 bits per heavy atom. The molecule has 1 unspecified atom stereocenters. The molecular weight excluding hydrogens is 344 g/mol. The summed E-state index contributed by atoms with van der Waals surface area (Å²) < 4.78 is 0. The summed E-state index contributed by atoms with van der Waals surface area (Å²) in [5, 5.41) is 5.47. The molecule has 4 rings (SSSR count). The van der Waals surface area contributed by atoms with Gasteiger partial charge < -0.3 is 5.32 Å². The fraction of sp³-hybridized carbons (Fsp3) is 0.120. The number of aryl methyl sites for hydroxylation is 1. The van der Waals surface area contributed by atoms with Crippen LogP contribution in [0, 0.1) is 6.92 Å². The number of rotatable bonds is 4. The second kappa shape index (κ2) is 7.65. The summed E-state index contributed by atoms with van der Waals surface area (Å²) in [6.45, 7) is 4.06. The number of nitrogens with one attached hydrogen (secondary N) is 1. The van der Waals surface area contributed by atoms with Crippen molar-refractivity contribution in [2.24, 2.45) is 0 Å². The SMILES string of the molecule is Cc1cnccc1-c1ccc(C(=O)NC(C)c2cccc3ccccc23)cc1. The molecule has 0 fully saturated rings. The van der Waals surface area contributed by atoms with Crippen molar-refractivity contribution < 1.29 is 4.79 Å². The first-order chi connectivity index (χ1) is 13.6. The zero-order chi connectivity index (χ0) is 19.5. The quantitative estimate of drug-likeness (QED) is 0.503. The summed E-state index contributed by atoms with van der Waals surface area (Å²) >= 11 is 0. The summed E-state index contributed by atoms with van der Waals surface area (Å²) in [5.41, 5.74) is 5.10. The van der Waals surface area contributed by atoms with E-state index < -0.39 is 0 Å². The standard InChI is InChI=1S/C25H22N2O/c1-17-16-26-15-14-22(17)20-10-12-21(13-11-20)25(28)27-18(2)23-9-5-7-19-6-3-4-8-24(19)23/h3-16,18H,1-2H3,(H,27,28). The second-order valence-electron chi connectivity index (χ2n) is 7.03. The molecular formula is C25H22N2O. The van der Waals surface area contributed by atoms with Gasteiger partial charge in [-0.2, -0.15) is 0 Å². The third kappa shape index (κ3) is 3.52. The van der Waals surface area contributed by atoms with Crippen molar-refractivity contribution in [3.8, 4) is 11.1 Å². The zero-order valence-corrected chi connectivity index (χ0v) is 16.0. The van der Waals surface area contributed by atoms with Crippen LogP contribution in [0.3, 0.4) is 0 Å². The molecule has 0 radical (unpaired) electrons. The molecule has 0 bridgehead atoms. The minimum Gasteiger partial charge on any atom is -0.345 e. The molecule has 0 spiro atoms. The Morgan fingerprint density at radius 3 is 2.46 bits per heavy atom. The highest BCUT2D eigenvalue weighted by atomic mass is 16.1. The minimum atomic E-state index is -0.0827. The van der Waals surface area contributed by atoms with Gasteiger partial charge in [0.2, 0.25) is 0 Å². The molecule has 0 aliphatic rings. The minimum absolute atomic E-state index is 0.0709. The molecule has 3 aromatic carbocycles. The number of aromatic nitrogens is 1. The molecule has 4 aromatic rings. The lowest BCUT2D eigenvalue weighted by molar-refractivity contribution is 0.0940. The van der Waals surface area contributed by atoms with Crippen molar-refractivity contribution in [2.75, 3.05) is 0 Å². The highest BCUT2D eigenvalue weighted by Crippen LogP contribution is 2.25. The number of benzene rings is 3. The smallest absolute Gasteiger partial charge is 0.251 e. The summed E-state index contributed by atoms with van der Waals surface area (Å²) in [4.78, 5) is 16.9. The van der Waals surface area contributed by atoms with E-state index in [2.05, 4.69) is 34.6 Å². The van der Waals surface area contributed by atoms with Crippen molar-refractivity contribution in [1.82, 2.24) is 10.3 Å². The Labute approximate surface area is 165 Å². The summed E-state index contributed by atoms with van der Waals surface area (Å²) in [6.07, 6.45) is 3.64. The van der Waals surface area contributed by atoms with Gasteiger partial charge in [-0.05, 0) is 65.1 Å². The van der Waals surface area contributed by atoms with Gasteiger partial charge in [0.15, 0.2) is 0 Å². The van der Waals surface area contributed by atoms with Crippen LogP contribution in [-0.2, 0) is 0 Å². The molecule has 138 valence electrons. The predicted molar refractivity (Wildman–Crippen MR) is 114 cm³/mol. The van der Waals surface area contributed by atoms with Crippen LogP contribution in [0.15, 0.2) is 85.2 Å². The average molecular weight is 366 g/mol. The van der Waals surface area contributed by atoms with Crippen molar-refractivity contribution in [3.63, 3.8) is 0 Å². The van der Waals surface area contributed by atoms with Crippen molar-refractivity contribution in [3.05, 3.63) is 102 Å². The van der Waals surface area contributed by atoms with Crippen LogP contribution < -0.4 is 5.32 Å². The molecule has 3 heteroatoms. The lowest BCUT2D eigenvalue weighted by atomic mass is 9.99. The van der Waals surface area contributed by atoms with E-state index in [0.717, 1.165) is 22.3 Å². The van der Waals surface area contributed by atoms with Crippen molar-refractivity contribution in [2.45, 2.75) is 19.9 Å². The van der Waals surface area contributed by atoms with Crippen molar-refractivity contribution in [1.29, 1.82) is 0 Å². The first-order valence-electron chi connectivity index (χ1n) is 9.43. The molecule has 1 amide bonds. The molecule has 0 aliphatic heterocycles. The van der Waals surface area contributed by atoms with Crippen LogP contribution >= 0.6 is 0 Å². The normalized spacial score (nSPS) is 11.9. The lowest BCUT2D eigenvalue weighted by Gasteiger charge is -2.17. The molecule has 3 nitrogen and oxygen atoms in total. The Bertz CT molecular complexity index is 1130. The van der Waals surface area contributed by atoms with Crippen LogP contribution in [0.4, 0.5) is 0 Å². The van der Waals surface area contributed by atoms with E-state index >= 15 is 0 Å². The van der Waals surface area contributed by atoms with Gasteiger partial charge in [-0.1, -0.05) is 54.6 Å². The van der Waals surface area contributed by atoms with E-state index in [0.29, 0.717) is 5.56 Å². The van der Waals surface area contributed by atoms with Crippen LogP contribution in [-0.4, -0.2) is 10.9 Å². The Hall–Kier alpha value is -3.46. The lowest BCUT2D eigenvalue weighted by Crippen LogP contribution is -2.26. The molecule has 1 heterocycles. The molecule has 1 aromatic heterocycles. The van der Waals surface area contributed by atoms with Gasteiger partial charge in [0, 0.05) is 18.0 Å². The van der Waals surface area contributed by atoms with Gasteiger partial charge in [-0.3, -0.25) is 9.78 Å². The Kier molecular flexibility index (Phi) is 4.90. The van der Waals surface area contributed by atoms with Crippen molar-refractivity contribution >= 4 is 16.7 Å². The average Bonchev–Trinajstić information content (AvgIpc) is 2.73.